The maximum atomic E-state index is 4.75. The molecule has 1 saturated heterocycles. The highest BCUT2D eigenvalue weighted by Crippen LogP contribution is 2.27. The molecule has 1 aromatic heterocycles. The maximum absolute atomic E-state index is 4.75. The topological polar surface area (TPSA) is 37.8 Å². The second-order valence-electron chi connectivity index (χ2n) is 5.89. The van der Waals surface area contributed by atoms with Crippen LogP contribution in [0.3, 0.4) is 0 Å². The lowest BCUT2D eigenvalue weighted by Crippen LogP contribution is -2.28. The van der Waals surface area contributed by atoms with E-state index >= 15 is 0 Å². The number of benzene rings is 1. The average molecular weight is 281 g/mol. The number of nitrogens with zero attached hydrogens (tertiary/aromatic N) is 2. The predicted octanol–water partition coefficient (Wildman–Crippen LogP) is 3.50. The van der Waals surface area contributed by atoms with E-state index in [4.69, 9.17) is 9.97 Å². The molecule has 1 fully saturated rings. The number of piperidine rings is 1. The predicted molar refractivity (Wildman–Crippen MR) is 85.3 cm³/mol. The monoisotopic (exact) mass is 281 g/mol. The van der Waals surface area contributed by atoms with Gasteiger partial charge in [0.25, 0.3) is 0 Å². The van der Waals surface area contributed by atoms with Crippen molar-refractivity contribution in [3.05, 3.63) is 58.7 Å². The molecule has 0 aliphatic carbocycles. The zero-order valence-corrected chi connectivity index (χ0v) is 12.9. The van der Waals surface area contributed by atoms with E-state index in [1.807, 2.05) is 6.07 Å². The first-order valence-corrected chi connectivity index (χ1v) is 7.85. The number of nitrogens with one attached hydrogen (secondary N) is 1. The van der Waals surface area contributed by atoms with Gasteiger partial charge < -0.3 is 5.32 Å². The summed E-state index contributed by atoms with van der Waals surface area (Å²) in [5, 5.41) is 3.61. The minimum absolute atomic E-state index is 0.435. The van der Waals surface area contributed by atoms with Crippen LogP contribution in [-0.2, 0) is 6.42 Å². The number of hydrogen-bond donors (Lipinski definition) is 1. The highest BCUT2D eigenvalue weighted by Gasteiger charge is 2.20. The van der Waals surface area contributed by atoms with E-state index in [-0.39, 0.29) is 0 Å². The molecule has 0 radical (unpaired) electrons. The van der Waals surface area contributed by atoms with E-state index in [0.717, 1.165) is 30.2 Å². The number of rotatable bonds is 3. The minimum Gasteiger partial charge on any atom is -0.310 e. The molecular formula is C18H23N3. The molecule has 1 unspecified atom stereocenters. The second-order valence-corrected chi connectivity index (χ2v) is 5.89. The summed E-state index contributed by atoms with van der Waals surface area (Å²) in [6.07, 6.45) is 4.58. The lowest BCUT2D eigenvalue weighted by molar-refractivity contribution is 0.407. The Morgan fingerprint density at radius 1 is 1.05 bits per heavy atom. The Bertz CT molecular complexity index is 578. The first-order valence-electron chi connectivity index (χ1n) is 7.85. The van der Waals surface area contributed by atoms with Crippen LogP contribution >= 0.6 is 0 Å². The lowest BCUT2D eigenvalue weighted by atomic mass is 9.95. The van der Waals surface area contributed by atoms with Gasteiger partial charge in [-0.05, 0) is 38.8 Å². The van der Waals surface area contributed by atoms with E-state index < -0.39 is 0 Å². The second kappa shape index (κ2) is 6.35. The van der Waals surface area contributed by atoms with Crippen LogP contribution in [0.4, 0.5) is 0 Å². The Morgan fingerprint density at radius 3 is 2.38 bits per heavy atom. The number of hydrogen-bond acceptors (Lipinski definition) is 3. The molecule has 1 aliphatic rings. The smallest absolute Gasteiger partial charge is 0.133 e. The van der Waals surface area contributed by atoms with Gasteiger partial charge in [-0.25, -0.2) is 9.97 Å². The fraction of sp³-hybridized carbons (Fsp3) is 0.444. The molecule has 0 spiro atoms. The van der Waals surface area contributed by atoms with Gasteiger partial charge in [-0.1, -0.05) is 36.8 Å². The summed E-state index contributed by atoms with van der Waals surface area (Å²) in [6, 6.07) is 10.9. The van der Waals surface area contributed by atoms with Crippen LogP contribution in [-0.4, -0.2) is 16.5 Å². The van der Waals surface area contributed by atoms with E-state index in [1.165, 1.54) is 30.4 Å². The summed E-state index contributed by atoms with van der Waals surface area (Å²) in [6.45, 7) is 5.35. The molecule has 21 heavy (non-hydrogen) atoms. The molecule has 2 aromatic rings. The van der Waals surface area contributed by atoms with Gasteiger partial charge in [0.2, 0.25) is 0 Å². The third kappa shape index (κ3) is 3.30. The SMILES string of the molecule is Cc1nc(Cc2ccccc2)nc(C)c1C1CCCCN1. The quantitative estimate of drug-likeness (QED) is 0.935. The van der Waals surface area contributed by atoms with Gasteiger partial charge in [-0.15, -0.1) is 0 Å². The molecule has 0 amide bonds. The van der Waals surface area contributed by atoms with E-state index in [1.54, 1.807) is 0 Å². The highest BCUT2D eigenvalue weighted by molar-refractivity contribution is 5.30. The van der Waals surface area contributed by atoms with Crippen LogP contribution in [0.25, 0.3) is 0 Å². The Balaban J connectivity index is 1.85. The lowest BCUT2D eigenvalue weighted by Gasteiger charge is -2.26. The zero-order chi connectivity index (χ0) is 14.7. The van der Waals surface area contributed by atoms with Crippen LogP contribution in [0.2, 0.25) is 0 Å². The van der Waals surface area contributed by atoms with Crippen LogP contribution in [0.15, 0.2) is 30.3 Å². The molecule has 1 N–H and O–H groups in total. The van der Waals surface area contributed by atoms with Gasteiger partial charge in [0.05, 0.1) is 0 Å². The minimum atomic E-state index is 0.435. The van der Waals surface area contributed by atoms with Crippen molar-refractivity contribution < 1.29 is 0 Å². The average Bonchev–Trinajstić information content (AvgIpc) is 2.49. The van der Waals surface area contributed by atoms with Crippen molar-refractivity contribution in [3.8, 4) is 0 Å². The molecule has 2 heterocycles. The molecule has 1 atom stereocenters. The molecule has 0 saturated carbocycles. The van der Waals surface area contributed by atoms with Gasteiger partial charge in [0, 0.05) is 29.4 Å². The van der Waals surface area contributed by atoms with E-state index in [0.29, 0.717) is 6.04 Å². The summed E-state index contributed by atoms with van der Waals surface area (Å²) in [7, 11) is 0. The van der Waals surface area contributed by atoms with Gasteiger partial charge >= 0.3 is 0 Å². The Morgan fingerprint density at radius 2 is 1.76 bits per heavy atom. The van der Waals surface area contributed by atoms with Crippen molar-refractivity contribution in [2.45, 2.75) is 45.6 Å². The van der Waals surface area contributed by atoms with Crippen LogP contribution < -0.4 is 5.32 Å². The third-order valence-corrected chi connectivity index (χ3v) is 4.24. The van der Waals surface area contributed by atoms with Crippen molar-refractivity contribution in [3.63, 3.8) is 0 Å². The van der Waals surface area contributed by atoms with Gasteiger partial charge in [0.15, 0.2) is 0 Å². The normalized spacial score (nSPS) is 18.7. The molecule has 3 rings (SSSR count). The first-order chi connectivity index (χ1) is 10.2. The summed E-state index contributed by atoms with van der Waals surface area (Å²) < 4.78 is 0. The van der Waals surface area contributed by atoms with Crippen molar-refractivity contribution >= 4 is 0 Å². The summed E-state index contributed by atoms with van der Waals surface area (Å²) in [5.41, 5.74) is 4.84. The van der Waals surface area contributed by atoms with Crippen LogP contribution in [0.5, 0.6) is 0 Å². The van der Waals surface area contributed by atoms with Crippen LogP contribution in [0.1, 0.15) is 53.6 Å². The largest absolute Gasteiger partial charge is 0.310 e. The zero-order valence-electron chi connectivity index (χ0n) is 12.9. The van der Waals surface area contributed by atoms with Gasteiger partial charge in [-0.2, -0.15) is 0 Å². The van der Waals surface area contributed by atoms with Gasteiger partial charge in [-0.3, -0.25) is 0 Å². The molecule has 110 valence electrons. The Hall–Kier alpha value is -1.74. The van der Waals surface area contributed by atoms with Crippen LogP contribution in [0, 0.1) is 13.8 Å². The fourth-order valence-corrected chi connectivity index (χ4v) is 3.25. The summed E-state index contributed by atoms with van der Waals surface area (Å²) in [5.74, 6) is 0.927. The summed E-state index contributed by atoms with van der Waals surface area (Å²) >= 11 is 0. The number of aryl methyl sites for hydroxylation is 2. The van der Waals surface area contributed by atoms with Crippen molar-refractivity contribution in [2.75, 3.05) is 6.54 Å². The van der Waals surface area contributed by atoms with Crippen molar-refractivity contribution in [1.82, 2.24) is 15.3 Å². The summed E-state index contributed by atoms with van der Waals surface area (Å²) in [4.78, 5) is 9.51. The van der Waals surface area contributed by atoms with Gasteiger partial charge in [0.1, 0.15) is 5.82 Å². The molecule has 1 aliphatic heterocycles. The van der Waals surface area contributed by atoms with Crippen molar-refractivity contribution in [2.24, 2.45) is 0 Å². The maximum Gasteiger partial charge on any atom is 0.133 e. The molecular weight excluding hydrogens is 258 g/mol. The molecule has 3 nitrogen and oxygen atoms in total. The number of aromatic nitrogens is 2. The first kappa shape index (κ1) is 14.2. The third-order valence-electron chi connectivity index (χ3n) is 4.24. The van der Waals surface area contributed by atoms with Crippen molar-refractivity contribution in [1.29, 1.82) is 0 Å². The molecule has 1 aromatic carbocycles. The highest BCUT2D eigenvalue weighted by atomic mass is 15.0. The molecule has 3 heteroatoms. The Labute approximate surface area is 126 Å². The van der Waals surface area contributed by atoms with E-state index in [2.05, 4.69) is 43.4 Å². The fourth-order valence-electron chi connectivity index (χ4n) is 3.25. The molecule has 0 bridgehead atoms. The standard InChI is InChI=1S/C18H23N3/c1-13-18(16-10-6-7-11-19-16)14(2)21-17(20-13)12-15-8-4-3-5-9-15/h3-5,8-9,16,19H,6-7,10-12H2,1-2H3. The Kier molecular flexibility index (Phi) is 4.30. The van der Waals surface area contributed by atoms with E-state index in [9.17, 15) is 0 Å².